The average molecular weight is 804 g/mol. The molecule has 3 aromatic heterocycles. The molecule has 0 fully saturated rings. The van der Waals surface area contributed by atoms with Crippen molar-refractivity contribution >= 4 is 62.9 Å². The molecule has 7 rings (SSSR count). The Morgan fingerprint density at radius 2 is 1.34 bits per heavy atom. The summed E-state index contributed by atoms with van der Waals surface area (Å²) >= 11 is 12.5. The number of hydrazone groups is 1. The number of rotatable bonds is 11. The van der Waals surface area contributed by atoms with Crippen molar-refractivity contribution in [2.75, 3.05) is 14.2 Å². The number of nitrogens with one attached hydrogen (secondary N) is 2. The van der Waals surface area contributed by atoms with Gasteiger partial charge in [-0.05, 0) is 53.7 Å². The number of imidazole rings is 2. The van der Waals surface area contributed by atoms with Crippen LogP contribution in [-0.4, -0.2) is 71.6 Å². The number of aryl methyl sites for hydroxylation is 2. The number of methoxy groups -OCH3 is 2. The lowest BCUT2D eigenvalue weighted by Gasteiger charge is -2.16. The fraction of sp³-hybridized carbons (Fsp3) is 0.118. The number of nitrogens with zero attached hydrogens (tertiary/aromatic N) is 9. The third kappa shape index (κ3) is 6.15. The Bertz CT molecular complexity index is 2790. The van der Waals surface area contributed by atoms with Crippen molar-refractivity contribution in [1.29, 1.82) is 5.53 Å². The van der Waals surface area contributed by atoms with Crippen molar-refractivity contribution in [3.05, 3.63) is 86.9 Å². The Kier molecular flexibility index (Phi) is 9.74. The molecule has 0 aliphatic rings. The lowest BCUT2D eigenvalue weighted by molar-refractivity contribution is 0.0989. The summed E-state index contributed by atoms with van der Waals surface area (Å²) in [6, 6.07) is 10.8. The molecule has 0 radical (unpaired) electrons. The zero-order valence-electron chi connectivity index (χ0n) is 28.9. The molecule has 0 atom stereocenters. The van der Waals surface area contributed by atoms with E-state index in [1.165, 1.54) is 44.6 Å². The second kappa shape index (κ2) is 14.6. The van der Waals surface area contributed by atoms with Gasteiger partial charge in [-0.15, -0.1) is 15.3 Å². The minimum Gasteiger partial charge on any atom is -0.494 e. The van der Waals surface area contributed by atoms with Gasteiger partial charge in [0, 0.05) is 34.3 Å². The van der Waals surface area contributed by atoms with E-state index in [9.17, 15) is 9.59 Å². The first-order valence-corrected chi connectivity index (χ1v) is 16.8. The number of amides is 2. The van der Waals surface area contributed by atoms with Crippen LogP contribution in [0.2, 0.25) is 10.0 Å². The quantitative estimate of drug-likeness (QED) is 0.0382. The predicted molar refractivity (Wildman–Crippen MR) is 199 cm³/mol. The Balaban J connectivity index is 1.53. The van der Waals surface area contributed by atoms with Crippen LogP contribution in [-0.2, 0) is 13.1 Å². The number of benzene rings is 4. The minimum absolute atomic E-state index is 0.00528. The van der Waals surface area contributed by atoms with Crippen LogP contribution in [0.25, 0.3) is 56.2 Å². The number of carbonyl (C=O) groups is 2. The summed E-state index contributed by atoms with van der Waals surface area (Å²) in [6.07, 6.45) is 0. The van der Waals surface area contributed by atoms with Gasteiger partial charge in [-0.2, -0.15) is 10.3 Å². The molecular formula is C34H26Cl2F2N14O4. The van der Waals surface area contributed by atoms with Gasteiger partial charge in [-0.1, -0.05) is 23.2 Å². The zero-order chi connectivity index (χ0) is 40.0. The zero-order valence-corrected chi connectivity index (χ0v) is 30.4. The van der Waals surface area contributed by atoms with Crippen LogP contribution >= 0.6 is 23.2 Å². The normalized spacial score (nSPS) is 11.7. The van der Waals surface area contributed by atoms with Gasteiger partial charge in [-0.3, -0.25) is 9.59 Å². The topological polar surface area (TPSA) is 269 Å². The number of aromatic nitrogens is 8. The van der Waals surface area contributed by atoms with E-state index in [2.05, 4.69) is 30.8 Å². The van der Waals surface area contributed by atoms with Crippen molar-refractivity contribution < 1.29 is 27.8 Å². The van der Waals surface area contributed by atoms with Gasteiger partial charge < -0.3 is 35.9 Å². The number of halogens is 4. The first-order valence-electron chi connectivity index (χ1n) is 16.0. The summed E-state index contributed by atoms with van der Waals surface area (Å²) in [4.78, 5) is 34.3. The van der Waals surface area contributed by atoms with Crippen molar-refractivity contribution in [2.45, 2.75) is 13.1 Å². The van der Waals surface area contributed by atoms with E-state index in [1.54, 1.807) is 15.2 Å². The third-order valence-corrected chi connectivity index (χ3v) is 9.28. The van der Waals surface area contributed by atoms with Crippen molar-refractivity contribution in [2.24, 2.45) is 27.5 Å². The van der Waals surface area contributed by atoms with Crippen LogP contribution in [0, 0.1) is 17.2 Å². The first kappa shape index (κ1) is 37.3. The number of ether oxygens (including phenoxy) is 2. The second-order valence-corrected chi connectivity index (χ2v) is 12.7. The third-order valence-electron chi connectivity index (χ3n) is 8.85. The maximum atomic E-state index is 16.3. The molecule has 0 spiro atoms. The smallest absolute Gasteiger partial charge is 0.252 e. The van der Waals surface area contributed by atoms with Gasteiger partial charge in [0.25, 0.3) is 11.8 Å². The van der Waals surface area contributed by atoms with Gasteiger partial charge in [0.2, 0.25) is 11.7 Å². The molecule has 22 heteroatoms. The predicted octanol–water partition coefficient (Wildman–Crippen LogP) is 5.05. The van der Waals surface area contributed by atoms with E-state index < -0.39 is 23.4 Å². The second-order valence-electron chi connectivity index (χ2n) is 11.9. The first-order chi connectivity index (χ1) is 26.9. The highest BCUT2D eigenvalue weighted by atomic mass is 35.5. The molecule has 8 N–H and O–H groups in total. The molecule has 4 aromatic carbocycles. The van der Waals surface area contributed by atoms with Gasteiger partial charge in [-0.25, -0.2) is 24.3 Å². The van der Waals surface area contributed by atoms with Crippen LogP contribution in [0.15, 0.2) is 58.7 Å². The molecule has 18 nitrogen and oxygen atoms in total. The molecular weight excluding hydrogens is 777 g/mol. The standard InChI is InChI=1S/C34H26Cl2F2N14O4/c1-55-27-15(29(39)53)3-5-21-25(27)43-33(23-17(31(45-41)46-42)9-13(35)11-19(23)37)51(21)7-8-52-22-6-4-16(30(40)54)28(56-2)26(22)44-34(52)24-18(32-47-49-50-48-32)10-14(36)12-20(24)38/h3-6,9-12,41H,7-8,42H2,1-2H3,(H2,39,53)(H2,40,54)(H,47,48,49,50). The lowest BCUT2D eigenvalue weighted by atomic mass is 10.0. The van der Waals surface area contributed by atoms with E-state index in [0.717, 1.165) is 12.1 Å². The SMILES string of the molecule is COc1c(C(N)=O)ccc2c1nc(-c1c(F)cc(Cl)cc1C(N=N)=NN)n2CCn1c(-c2c(F)cc(Cl)cc2-c2nn[nH]n2)nc2c(OC)c(C(N)=O)ccc21. The number of amidine groups is 1. The van der Waals surface area contributed by atoms with Crippen LogP contribution in [0.4, 0.5) is 8.78 Å². The highest BCUT2D eigenvalue weighted by Gasteiger charge is 2.29. The Morgan fingerprint density at radius 1 is 0.821 bits per heavy atom. The van der Waals surface area contributed by atoms with Crippen LogP contribution < -0.4 is 26.8 Å². The number of nitrogens with two attached hydrogens (primary N) is 3. The summed E-state index contributed by atoms with van der Waals surface area (Å²) in [5, 5.41) is 20.9. The fourth-order valence-corrected chi connectivity index (χ4v) is 6.97. The van der Waals surface area contributed by atoms with Crippen LogP contribution in [0.5, 0.6) is 11.5 Å². The number of H-pyrrole nitrogens is 1. The molecule has 7 aromatic rings. The van der Waals surface area contributed by atoms with Gasteiger partial charge in [0.1, 0.15) is 34.3 Å². The number of tetrazole rings is 1. The molecule has 3 heterocycles. The van der Waals surface area contributed by atoms with E-state index >= 15 is 8.78 Å². The fourth-order valence-electron chi connectivity index (χ4n) is 6.56. The largest absolute Gasteiger partial charge is 0.494 e. The summed E-state index contributed by atoms with van der Waals surface area (Å²) in [7, 11) is 2.64. The van der Waals surface area contributed by atoms with Crippen molar-refractivity contribution in [3.8, 4) is 45.7 Å². The molecule has 0 aliphatic carbocycles. The molecule has 0 bridgehead atoms. The van der Waals surface area contributed by atoms with E-state index in [4.69, 9.17) is 65.5 Å². The number of hydrogen-bond donors (Lipinski definition) is 5. The molecule has 56 heavy (non-hydrogen) atoms. The number of fused-ring (bicyclic) bond motifs is 2. The maximum Gasteiger partial charge on any atom is 0.252 e. The molecule has 0 saturated heterocycles. The van der Waals surface area contributed by atoms with Gasteiger partial charge in [0.15, 0.2) is 11.5 Å². The van der Waals surface area contributed by atoms with Crippen molar-refractivity contribution in [1.82, 2.24) is 39.7 Å². The number of hydrogen-bond acceptors (Lipinski definition) is 12. The summed E-state index contributed by atoms with van der Waals surface area (Å²) < 4.78 is 46.8. The summed E-state index contributed by atoms with van der Waals surface area (Å²) in [5.74, 6) is 1.83. The monoisotopic (exact) mass is 802 g/mol. The van der Waals surface area contributed by atoms with E-state index in [0.29, 0.717) is 11.0 Å². The highest BCUT2D eigenvalue weighted by Crippen LogP contribution is 2.41. The molecule has 0 aliphatic heterocycles. The Hall–Kier alpha value is -7.06. The number of aromatic amines is 1. The Morgan fingerprint density at radius 3 is 1.80 bits per heavy atom. The molecule has 284 valence electrons. The average Bonchev–Trinajstić information content (AvgIpc) is 3.91. The summed E-state index contributed by atoms with van der Waals surface area (Å²) in [6.45, 7) is -0.146. The minimum atomic E-state index is -0.881. The van der Waals surface area contributed by atoms with Gasteiger partial charge >= 0.3 is 0 Å². The maximum absolute atomic E-state index is 16.3. The number of primary amides is 2. The summed E-state index contributed by atoms with van der Waals surface area (Å²) in [5.41, 5.74) is 19.7. The highest BCUT2D eigenvalue weighted by molar-refractivity contribution is 6.31. The van der Waals surface area contributed by atoms with Gasteiger partial charge in [0.05, 0.1) is 47.5 Å². The molecule has 2 amide bonds. The lowest BCUT2D eigenvalue weighted by Crippen LogP contribution is -2.14. The molecule has 0 saturated carbocycles. The molecule has 0 unspecified atom stereocenters. The van der Waals surface area contributed by atoms with Crippen LogP contribution in [0.1, 0.15) is 26.3 Å². The van der Waals surface area contributed by atoms with E-state index in [1.807, 2.05) is 0 Å². The number of carbonyl (C=O) groups excluding carboxylic acids is 2. The van der Waals surface area contributed by atoms with Crippen molar-refractivity contribution in [3.63, 3.8) is 0 Å². The Labute approximate surface area is 322 Å². The van der Waals surface area contributed by atoms with E-state index in [-0.39, 0.29) is 102 Å². The van der Waals surface area contributed by atoms with Crippen LogP contribution in [0.3, 0.4) is 0 Å².